The van der Waals surface area contributed by atoms with E-state index in [9.17, 15) is 14.7 Å². The third-order valence-electron chi connectivity index (χ3n) is 6.63. The van der Waals surface area contributed by atoms with E-state index >= 15 is 0 Å². The number of fused-ring (bicyclic) bond motifs is 1. The summed E-state index contributed by atoms with van der Waals surface area (Å²) in [4.78, 5) is 27.4. The van der Waals surface area contributed by atoms with Gasteiger partial charge >= 0.3 is 0 Å². The van der Waals surface area contributed by atoms with Crippen molar-refractivity contribution in [1.82, 2.24) is 10.2 Å². The third kappa shape index (κ3) is 6.05. The fourth-order valence-electron chi connectivity index (χ4n) is 5.06. The van der Waals surface area contributed by atoms with Gasteiger partial charge in [-0.3, -0.25) is 9.59 Å². The maximum atomic E-state index is 13.1. The highest BCUT2D eigenvalue weighted by Gasteiger charge is 2.40. The van der Waals surface area contributed by atoms with Crippen molar-refractivity contribution in [1.29, 1.82) is 0 Å². The van der Waals surface area contributed by atoms with Crippen LogP contribution in [0.25, 0.3) is 0 Å². The number of aliphatic hydroxyl groups is 1. The molecule has 170 valence electrons. The summed E-state index contributed by atoms with van der Waals surface area (Å²) in [6.45, 7) is 0.731. The molecule has 3 aliphatic rings. The van der Waals surface area contributed by atoms with E-state index in [1.54, 1.807) is 4.90 Å². The molecule has 1 aromatic rings. The lowest BCUT2D eigenvalue weighted by Crippen LogP contribution is -2.58. The van der Waals surface area contributed by atoms with Crippen molar-refractivity contribution in [2.45, 2.75) is 81.8 Å². The summed E-state index contributed by atoms with van der Waals surface area (Å²) >= 11 is 0. The summed E-state index contributed by atoms with van der Waals surface area (Å²) < 4.78 is 11.9. The Labute approximate surface area is 184 Å². The van der Waals surface area contributed by atoms with Gasteiger partial charge < -0.3 is 24.8 Å². The Morgan fingerprint density at radius 2 is 1.84 bits per heavy atom. The second-order valence-electron chi connectivity index (χ2n) is 9.09. The van der Waals surface area contributed by atoms with Crippen LogP contribution in [0.3, 0.4) is 0 Å². The molecule has 0 aromatic heterocycles. The smallest absolute Gasteiger partial charge is 0.227 e. The van der Waals surface area contributed by atoms with Gasteiger partial charge in [-0.05, 0) is 31.2 Å². The van der Waals surface area contributed by atoms with E-state index in [0.29, 0.717) is 31.9 Å². The van der Waals surface area contributed by atoms with Gasteiger partial charge in [0.25, 0.3) is 0 Å². The molecule has 31 heavy (non-hydrogen) atoms. The maximum absolute atomic E-state index is 13.1. The van der Waals surface area contributed by atoms with Crippen molar-refractivity contribution in [2.75, 3.05) is 19.8 Å². The van der Waals surface area contributed by atoms with E-state index in [2.05, 4.69) is 5.32 Å². The molecule has 0 spiro atoms. The monoisotopic (exact) mass is 430 g/mol. The van der Waals surface area contributed by atoms with Gasteiger partial charge in [-0.1, -0.05) is 43.2 Å². The van der Waals surface area contributed by atoms with Gasteiger partial charge in [0.1, 0.15) is 6.10 Å². The van der Waals surface area contributed by atoms with Crippen LogP contribution in [-0.4, -0.2) is 72.0 Å². The minimum absolute atomic E-state index is 0.0109. The second-order valence-corrected chi connectivity index (χ2v) is 9.09. The van der Waals surface area contributed by atoms with E-state index in [1.807, 2.05) is 30.3 Å². The molecule has 3 fully saturated rings. The van der Waals surface area contributed by atoms with Crippen LogP contribution in [0.15, 0.2) is 30.3 Å². The largest absolute Gasteiger partial charge is 0.389 e. The van der Waals surface area contributed by atoms with Crippen LogP contribution in [-0.2, 0) is 25.5 Å². The number of nitrogens with zero attached hydrogens (tertiary/aromatic N) is 1. The van der Waals surface area contributed by atoms with Gasteiger partial charge in [0.05, 0.1) is 44.3 Å². The molecule has 2 aliphatic heterocycles. The fourth-order valence-corrected chi connectivity index (χ4v) is 5.06. The molecule has 2 N–H and O–H groups in total. The van der Waals surface area contributed by atoms with Gasteiger partial charge in [-0.2, -0.15) is 0 Å². The molecule has 1 aliphatic carbocycles. The van der Waals surface area contributed by atoms with Gasteiger partial charge in [0, 0.05) is 12.6 Å². The van der Waals surface area contributed by atoms with Gasteiger partial charge in [-0.25, -0.2) is 0 Å². The summed E-state index contributed by atoms with van der Waals surface area (Å²) in [7, 11) is 0. The summed E-state index contributed by atoms with van der Waals surface area (Å²) in [6, 6.07) is 9.81. The number of hydrogen-bond donors (Lipinski definition) is 2. The molecule has 2 saturated heterocycles. The van der Waals surface area contributed by atoms with E-state index in [1.165, 1.54) is 12.8 Å². The maximum Gasteiger partial charge on any atom is 0.227 e. The van der Waals surface area contributed by atoms with Crippen molar-refractivity contribution < 1.29 is 24.2 Å². The summed E-state index contributed by atoms with van der Waals surface area (Å²) in [5, 5.41) is 13.4. The first kappa shape index (κ1) is 22.2. The molecule has 7 heteroatoms. The first-order valence-corrected chi connectivity index (χ1v) is 11.6. The topological polar surface area (TPSA) is 88.1 Å². The molecule has 2 heterocycles. The summed E-state index contributed by atoms with van der Waals surface area (Å²) in [5.41, 5.74) is 0.954. The highest BCUT2D eigenvalue weighted by Crippen LogP contribution is 2.28. The lowest BCUT2D eigenvalue weighted by Gasteiger charge is -2.44. The van der Waals surface area contributed by atoms with Crippen LogP contribution >= 0.6 is 0 Å². The molecule has 7 nitrogen and oxygen atoms in total. The molecule has 2 amide bonds. The second kappa shape index (κ2) is 10.6. The Hall–Kier alpha value is -1.96. The van der Waals surface area contributed by atoms with Crippen molar-refractivity contribution in [3.63, 3.8) is 0 Å². The Morgan fingerprint density at radius 3 is 2.61 bits per heavy atom. The number of benzene rings is 1. The number of hydrogen-bond acceptors (Lipinski definition) is 5. The molecular formula is C24H34N2O5. The van der Waals surface area contributed by atoms with Crippen LogP contribution in [0.5, 0.6) is 0 Å². The molecule has 1 aromatic carbocycles. The van der Waals surface area contributed by atoms with Crippen molar-refractivity contribution in [2.24, 2.45) is 0 Å². The molecular weight excluding hydrogens is 396 g/mol. The minimum Gasteiger partial charge on any atom is -0.389 e. The first-order chi connectivity index (χ1) is 15.1. The number of β-amino-alcohol motifs (C(OH)–C–C–N with tert-alkyl or cyclic N) is 1. The average Bonchev–Trinajstić information content (AvgIpc) is 3.25. The van der Waals surface area contributed by atoms with Crippen LogP contribution in [0.4, 0.5) is 0 Å². The van der Waals surface area contributed by atoms with Crippen LogP contribution in [0.2, 0.25) is 0 Å². The molecule has 0 bridgehead atoms. The zero-order valence-corrected chi connectivity index (χ0v) is 18.1. The quantitative estimate of drug-likeness (QED) is 0.744. The van der Waals surface area contributed by atoms with Gasteiger partial charge in [-0.15, -0.1) is 0 Å². The summed E-state index contributed by atoms with van der Waals surface area (Å²) in [5.74, 6) is 0.0396. The standard InChI is InChI=1S/C24H34N2O5/c27-19-14-26(24(29)12-17-6-2-1-3-7-17)21-11-10-20(31-22(21)16-30-15-19)13-23(28)25-18-8-4-5-9-18/h1-3,6-7,18-22,27H,4-5,8-16H2,(H,25,28)/t19-,20-,21+,22-/m0/s1. The van der Waals surface area contributed by atoms with Crippen molar-refractivity contribution in [3.05, 3.63) is 35.9 Å². The highest BCUT2D eigenvalue weighted by atomic mass is 16.5. The SMILES string of the molecule is O=C(C[C@@H]1CC[C@@H]2[C@H](COC[C@@H](O)CN2C(=O)Cc2ccccc2)O1)NC1CCCC1. The zero-order valence-electron chi connectivity index (χ0n) is 18.1. The van der Waals surface area contributed by atoms with Gasteiger partial charge in [0.15, 0.2) is 0 Å². The lowest BCUT2D eigenvalue weighted by atomic mass is 9.94. The fraction of sp³-hybridized carbons (Fsp3) is 0.667. The number of amides is 2. The number of carbonyl (C=O) groups excluding carboxylic acids is 2. The van der Waals surface area contributed by atoms with E-state index in [0.717, 1.165) is 24.8 Å². The molecule has 0 radical (unpaired) electrons. The molecule has 4 rings (SSSR count). The Morgan fingerprint density at radius 1 is 1.06 bits per heavy atom. The number of carbonyl (C=O) groups is 2. The Balaban J connectivity index is 1.38. The van der Waals surface area contributed by atoms with E-state index < -0.39 is 6.10 Å². The highest BCUT2D eigenvalue weighted by molar-refractivity contribution is 5.79. The van der Waals surface area contributed by atoms with Crippen LogP contribution in [0.1, 0.15) is 50.5 Å². The lowest BCUT2D eigenvalue weighted by molar-refractivity contribution is -0.169. The van der Waals surface area contributed by atoms with Crippen molar-refractivity contribution in [3.8, 4) is 0 Å². The predicted octanol–water partition coefficient (Wildman–Crippen LogP) is 1.81. The Kier molecular flexibility index (Phi) is 7.58. The van der Waals surface area contributed by atoms with Crippen molar-refractivity contribution >= 4 is 11.8 Å². The van der Waals surface area contributed by atoms with Crippen LogP contribution < -0.4 is 5.32 Å². The normalized spacial score (nSPS) is 29.6. The van der Waals surface area contributed by atoms with E-state index in [4.69, 9.17) is 9.47 Å². The van der Waals surface area contributed by atoms with E-state index in [-0.39, 0.29) is 43.2 Å². The zero-order chi connectivity index (χ0) is 21.6. The average molecular weight is 431 g/mol. The summed E-state index contributed by atoms with van der Waals surface area (Å²) in [6.07, 6.45) is 5.43. The minimum atomic E-state index is -0.712. The molecule has 1 saturated carbocycles. The predicted molar refractivity (Wildman–Crippen MR) is 115 cm³/mol. The number of rotatable bonds is 5. The Bertz CT molecular complexity index is 737. The van der Waals surface area contributed by atoms with Gasteiger partial charge in [0.2, 0.25) is 11.8 Å². The first-order valence-electron chi connectivity index (χ1n) is 11.6. The number of aliphatic hydroxyl groups excluding tert-OH is 1. The van der Waals surface area contributed by atoms with Crippen LogP contribution in [0, 0.1) is 0 Å². The molecule has 4 atom stereocenters. The third-order valence-corrected chi connectivity index (χ3v) is 6.63. The number of ether oxygens (including phenoxy) is 2. The molecule has 0 unspecified atom stereocenters. The number of nitrogens with one attached hydrogen (secondary N) is 1.